The van der Waals surface area contributed by atoms with Crippen molar-refractivity contribution in [2.24, 2.45) is 20.7 Å². The van der Waals surface area contributed by atoms with Gasteiger partial charge in [-0.1, -0.05) is 40.6 Å². The molecule has 2 heterocycles. The monoisotopic (exact) mass is 312 g/mol. The van der Waals surface area contributed by atoms with Crippen molar-refractivity contribution in [3.8, 4) is 0 Å². The van der Waals surface area contributed by atoms with Gasteiger partial charge in [-0.2, -0.15) is 0 Å². The van der Waals surface area contributed by atoms with Gasteiger partial charge in [-0.25, -0.2) is 0 Å². The standard InChI is InChI=1S/C12H12N6O2.K.H/c19-10(8-9-4-2-1-3-5-9)13-12(14-16-17-15-12)18-7-6-11(18)20;;/h1-5H,6-8H2,(H,13,19);;. The van der Waals surface area contributed by atoms with Gasteiger partial charge in [0.25, 0.3) is 0 Å². The molecule has 1 aromatic rings. The number of nitrogens with one attached hydrogen (secondary N) is 1. The third kappa shape index (κ3) is 3.43. The van der Waals surface area contributed by atoms with Gasteiger partial charge >= 0.3 is 57.3 Å². The molecule has 0 spiro atoms. The van der Waals surface area contributed by atoms with E-state index >= 15 is 0 Å². The molecule has 2 amide bonds. The molecule has 0 aromatic heterocycles. The van der Waals surface area contributed by atoms with Crippen LogP contribution in [0.3, 0.4) is 0 Å². The van der Waals surface area contributed by atoms with E-state index in [1.165, 1.54) is 4.90 Å². The minimum atomic E-state index is -1.48. The summed E-state index contributed by atoms with van der Waals surface area (Å²) in [6.07, 6.45) is 0.594. The van der Waals surface area contributed by atoms with Crippen LogP contribution < -0.4 is 5.32 Å². The van der Waals surface area contributed by atoms with Crippen LogP contribution in [0.2, 0.25) is 0 Å². The summed E-state index contributed by atoms with van der Waals surface area (Å²) >= 11 is 0. The number of benzene rings is 1. The molecule has 0 aliphatic carbocycles. The van der Waals surface area contributed by atoms with E-state index < -0.39 is 5.91 Å². The number of nitrogens with zero attached hydrogens (tertiary/aromatic N) is 5. The van der Waals surface area contributed by atoms with Gasteiger partial charge in [-0.05, 0) is 16.0 Å². The van der Waals surface area contributed by atoms with Crippen LogP contribution in [0.4, 0.5) is 0 Å². The van der Waals surface area contributed by atoms with Gasteiger partial charge in [-0.3, -0.25) is 19.8 Å². The summed E-state index contributed by atoms with van der Waals surface area (Å²) in [5, 5.41) is 17.0. The van der Waals surface area contributed by atoms with Crippen LogP contribution in [0.15, 0.2) is 51.0 Å². The Morgan fingerprint density at radius 3 is 2.43 bits per heavy atom. The zero-order chi connectivity index (χ0) is 14.0. The Balaban J connectivity index is 0.00000161. The number of β-lactam (4-membered cyclic amide) rings is 1. The SMILES string of the molecule is O=C(Cc1ccccc1)NC1(N2CCC2=O)N=NN=N1.[KH]. The second-order valence-corrected chi connectivity index (χ2v) is 4.52. The van der Waals surface area contributed by atoms with E-state index in [1.807, 2.05) is 30.3 Å². The molecule has 1 fully saturated rings. The Kier molecular flexibility index (Phi) is 5.33. The normalized spacial score (nSPS) is 18.1. The molecule has 3 rings (SSSR count). The number of hydrogen-bond donors (Lipinski definition) is 1. The number of amides is 2. The number of rotatable bonds is 4. The zero-order valence-electron chi connectivity index (χ0n) is 10.6. The predicted molar refractivity (Wildman–Crippen MR) is 74.2 cm³/mol. The minimum absolute atomic E-state index is 0. The fourth-order valence-electron chi connectivity index (χ4n) is 2.07. The van der Waals surface area contributed by atoms with Crippen LogP contribution in [0.1, 0.15) is 12.0 Å². The first-order valence-electron chi connectivity index (χ1n) is 6.19. The number of likely N-dealkylation sites (tertiary alicyclic amines) is 1. The van der Waals surface area contributed by atoms with Crippen LogP contribution in [0, 0.1) is 0 Å². The van der Waals surface area contributed by atoms with Crippen LogP contribution in [0.25, 0.3) is 0 Å². The second kappa shape index (κ2) is 6.84. The Morgan fingerprint density at radius 1 is 1.24 bits per heavy atom. The van der Waals surface area contributed by atoms with Crippen molar-refractivity contribution >= 4 is 63.2 Å². The van der Waals surface area contributed by atoms with Crippen LogP contribution in [-0.4, -0.2) is 80.6 Å². The summed E-state index contributed by atoms with van der Waals surface area (Å²) in [4.78, 5) is 24.9. The average molecular weight is 312 g/mol. The van der Waals surface area contributed by atoms with Crippen molar-refractivity contribution in [2.45, 2.75) is 18.8 Å². The maximum atomic E-state index is 12.1. The number of hydrogen-bond acceptors (Lipinski definition) is 6. The molecule has 9 heteroatoms. The van der Waals surface area contributed by atoms with Crippen LogP contribution >= 0.6 is 0 Å². The Hall–Kier alpha value is -1.00. The molecule has 1 saturated heterocycles. The van der Waals surface area contributed by atoms with E-state index in [9.17, 15) is 9.59 Å². The molecule has 21 heavy (non-hydrogen) atoms. The third-order valence-corrected chi connectivity index (χ3v) is 3.15. The molecule has 0 radical (unpaired) electrons. The molecule has 0 bridgehead atoms. The van der Waals surface area contributed by atoms with Crippen LogP contribution in [0.5, 0.6) is 0 Å². The summed E-state index contributed by atoms with van der Waals surface area (Å²) in [5.74, 6) is -1.92. The molecule has 2 aliphatic rings. The molecular formula is C12H13KN6O2. The summed E-state index contributed by atoms with van der Waals surface area (Å²) < 4.78 is 0. The van der Waals surface area contributed by atoms with Gasteiger partial charge in [0.15, 0.2) is 0 Å². The van der Waals surface area contributed by atoms with Crippen molar-refractivity contribution in [3.63, 3.8) is 0 Å². The fourth-order valence-corrected chi connectivity index (χ4v) is 2.07. The van der Waals surface area contributed by atoms with Gasteiger partial charge in [0.2, 0.25) is 11.8 Å². The third-order valence-electron chi connectivity index (χ3n) is 3.15. The predicted octanol–water partition coefficient (Wildman–Crippen LogP) is 0.373. The fraction of sp³-hybridized carbons (Fsp3) is 0.333. The van der Waals surface area contributed by atoms with E-state index in [0.29, 0.717) is 13.0 Å². The molecule has 0 saturated carbocycles. The van der Waals surface area contributed by atoms with E-state index in [4.69, 9.17) is 0 Å². The molecule has 104 valence electrons. The van der Waals surface area contributed by atoms with Gasteiger partial charge < -0.3 is 0 Å². The summed E-state index contributed by atoms with van der Waals surface area (Å²) in [5.41, 5.74) is 0.863. The van der Waals surface area contributed by atoms with E-state index in [-0.39, 0.29) is 69.6 Å². The summed E-state index contributed by atoms with van der Waals surface area (Å²) in [6.45, 7) is 0.475. The van der Waals surface area contributed by atoms with Crippen molar-refractivity contribution < 1.29 is 9.59 Å². The molecular weight excluding hydrogens is 299 g/mol. The van der Waals surface area contributed by atoms with Crippen molar-refractivity contribution in [3.05, 3.63) is 35.9 Å². The first-order valence-corrected chi connectivity index (χ1v) is 6.19. The first kappa shape index (κ1) is 16.4. The van der Waals surface area contributed by atoms with Gasteiger partial charge in [0.05, 0.1) is 6.42 Å². The van der Waals surface area contributed by atoms with Crippen molar-refractivity contribution in [2.75, 3.05) is 6.54 Å². The Morgan fingerprint density at radius 2 is 1.90 bits per heavy atom. The molecule has 0 unspecified atom stereocenters. The zero-order valence-corrected chi connectivity index (χ0v) is 10.6. The molecule has 0 atom stereocenters. The van der Waals surface area contributed by atoms with Gasteiger partial charge in [0, 0.05) is 13.0 Å². The molecule has 1 aromatic carbocycles. The number of carbonyl (C=O) groups excluding carboxylic acids is 2. The Labute approximate surface area is 163 Å². The van der Waals surface area contributed by atoms with E-state index in [2.05, 4.69) is 26.0 Å². The Bertz CT molecular complexity index is 591. The summed E-state index contributed by atoms with van der Waals surface area (Å²) in [6, 6.07) is 9.27. The molecule has 2 aliphatic heterocycles. The van der Waals surface area contributed by atoms with E-state index in [0.717, 1.165) is 5.56 Å². The number of carbonyl (C=O) groups is 2. The second-order valence-electron chi connectivity index (χ2n) is 4.52. The van der Waals surface area contributed by atoms with Crippen molar-refractivity contribution in [1.82, 2.24) is 10.2 Å². The molecule has 1 N–H and O–H groups in total. The topological polar surface area (TPSA) is 98.8 Å². The quantitative estimate of drug-likeness (QED) is 0.642. The van der Waals surface area contributed by atoms with E-state index in [1.54, 1.807) is 0 Å². The summed E-state index contributed by atoms with van der Waals surface area (Å²) in [7, 11) is 0. The van der Waals surface area contributed by atoms with Crippen molar-refractivity contribution in [1.29, 1.82) is 0 Å². The van der Waals surface area contributed by atoms with Gasteiger partial charge in [0.1, 0.15) is 0 Å². The average Bonchev–Trinajstić information content (AvgIpc) is 2.86. The first-order chi connectivity index (χ1) is 9.70. The maximum absolute atomic E-state index is 12.1. The van der Waals surface area contributed by atoms with Crippen LogP contribution in [-0.2, 0) is 16.0 Å². The van der Waals surface area contributed by atoms with Gasteiger partial charge in [-0.15, -0.1) is 0 Å². The molecule has 8 nitrogen and oxygen atoms in total.